The number of hydrogen-bond acceptors (Lipinski definition) is 2. The van der Waals surface area contributed by atoms with Gasteiger partial charge in [-0.25, -0.2) is 0 Å². The fourth-order valence-corrected chi connectivity index (χ4v) is 2.47. The van der Waals surface area contributed by atoms with Crippen LogP contribution in [0.4, 0.5) is 0 Å². The van der Waals surface area contributed by atoms with Gasteiger partial charge in [0, 0.05) is 32.0 Å². The van der Waals surface area contributed by atoms with Gasteiger partial charge in [-0.1, -0.05) is 0 Å². The Morgan fingerprint density at radius 1 is 1.54 bits per heavy atom. The molecular formula is C10H17NO2. The minimum Gasteiger partial charge on any atom is -0.381 e. The van der Waals surface area contributed by atoms with Gasteiger partial charge in [-0.3, -0.25) is 4.79 Å². The van der Waals surface area contributed by atoms with Crippen molar-refractivity contribution >= 4 is 5.91 Å². The lowest BCUT2D eigenvalue weighted by Gasteiger charge is -2.44. The first-order valence-corrected chi connectivity index (χ1v) is 5.03. The molecule has 2 aliphatic rings. The van der Waals surface area contributed by atoms with E-state index in [1.165, 1.54) is 0 Å². The average molecular weight is 183 g/mol. The lowest BCUT2D eigenvalue weighted by molar-refractivity contribution is -0.144. The summed E-state index contributed by atoms with van der Waals surface area (Å²) in [6.45, 7) is 3.80. The van der Waals surface area contributed by atoms with E-state index in [9.17, 15) is 4.79 Å². The van der Waals surface area contributed by atoms with Crippen LogP contribution in [0, 0.1) is 11.8 Å². The van der Waals surface area contributed by atoms with E-state index in [0.29, 0.717) is 23.8 Å². The summed E-state index contributed by atoms with van der Waals surface area (Å²) in [5.74, 6) is 1.44. The average Bonchev–Trinajstić information content (AvgIpc) is 2.15. The van der Waals surface area contributed by atoms with Gasteiger partial charge in [-0.15, -0.1) is 0 Å². The van der Waals surface area contributed by atoms with Gasteiger partial charge in [-0.05, 0) is 19.3 Å². The van der Waals surface area contributed by atoms with Crippen LogP contribution >= 0.6 is 0 Å². The van der Waals surface area contributed by atoms with E-state index in [-0.39, 0.29) is 0 Å². The van der Waals surface area contributed by atoms with Crippen LogP contribution in [-0.2, 0) is 9.53 Å². The van der Waals surface area contributed by atoms with Gasteiger partial charge >= 0.3 is 0 Å². The largest absolute Gasteiger partial charge is 0.381 e. The molecule has 0 aromatic heterocycles. The molecular weight excluding hydrogens is 166 g/mol. The van der Waals surface area contributed by atoms with Gasteiger partial charge in [0.25, 0.3) is 0 Å². The predicted molar refractivity (Wildman–Crippen MR) is 49.3 cm³/mol. The Bertz CT molecular complexity index is 215. The smallest absolute Gasteiger partial charge is 0.222 e. The molecule has 0 N–H and O–H groups in total. The zero-order valence-electron chi connectivity index (χ0n) is 8.32. The molecule has 3 heteroatoms. The Morgan fingerprint density at radius 2 is 2.31 bits per heavy atom. The van der Waals surface area contributed by atoms with Crippen LogP contribution in [0.25, 0.3) is 0 Å². The molecule has 2 aliphatic heterocycles. The highest BCUT2D eigenvalue weighted by atomic mass is 16.5. The van der Waals surface area contributed by atoms with Gasteiger partial charge in [0.05, 0.1) is 6.61 Å². The highest BCUT2D eigenvalue weighted by molar-refractivity contribution is 5.77. The number of hydrogen-bond donors (Lipinski definition) is 0. The van der Waals surface area contributed by atoms with E-state index in [4.69, 9.17) is 4.74 Å². The van der Waals surface area contributed by atoms with Crippen LogP contribution < -0.4 is 0 Å². The summed E-state index contributed by atoms with van der Waals surface area (Å²) >= 11 is 0. The van der Waals surface area contributed by atoms with Crippen LogP contribution in [-0.4, -0.2) is 37.1 Å². The first kappa shape index (κ1) is 9.00. The van der Waals surface area contributed by atoms with Gasteiger partial charge in [0.1, 0.15) is 0 Å². The van der Waals surface area contributed by atoms with Crippen LogP contribution in [0.5, 0.6) is 0 Å². The van der Waals surface area contributed by atoms with Crippen molar-refractivity contribution in [2.24, 2.45) is 11.8 Å². The second kappa shape index (κ2) is 3.29. The summed E-state index contributed by atoms with van der Waals surface area (Å²) in [6, 6.07) is 0.353. The number of likely N-dealkylation sites (tertiary alicyclic amines) is 1. The highest BCUT2D eigenvalue weighted by Crippen LogP contribution is 2.34. The van der Waals surface area contributed by atoms with Crippen molar-refractivity contribution in [3.8, 4) is 0 Å². The molecule has 2 fully saturated rings. The maximum atomic E-state index is 11.5. The number of ether oxygens (including phenoxy) is 1. The molecule has 3 atom stereocenters. The first-order valence-electron chi connectivity index (χ1n) is 5.03. The summed E-state index contributed by atoms with van der Waals surface area (Å²) in [5.41, 5.74) is 0. The van der Waals surface area contributed by atoms with Crippen LogP contribution in [0.15, 0.2) is 0 Å². The van der Waals surface area contributed by atoms with Gasteiger partial charge in [-0.2, -0.15) is 0 Å². The standard InChI is InChI=1S/C10H17NO2/c1-7-9-6-13-4-3-8(9)5-10(12)11(7)2/h7-9H,3-6H2,1-2H3. The zero-order valence-corrected chi connectivity index (χ0v) is 8.32. The predicted octanol–water partition coefficient (Wildman–Crippen LogP) is 0.890. The zero-order chi connectivity index (χ0) is 9.42. The summed E-state index contributed by atoms with van der Waals surface area (Å²) in [5, 5.41) is 0. The van der Waals surface area contributed by atoms with Gasteiger partial charge in [0.15, 0.2) is 0 Å². The summed E-state index contributed by atoms with van der Waals surface area (Å²) in [7, 11) is 1.90. The van der Waals surface area contributed by atoms with Crippen LogP contribution in [0.1, 0.15) is 19.8 Å². The Balaban J connectivity index is 2.12. The molecule has 0 aromatic rings. The molecule has 74 valence electrons. The molecule has 3 nitrogen and oxygen atoms in total. The number of carbonyl (C=O) groups excluding carboxylic acids is 1. The Hall–Kier alpha value is -0.570. The second-order valence-corrected chi connectivity index (χ2v) is 4.24. The van der Waals surface area contributed by atoms with E-state index in [2.05, 4.69) is 6.92 Å². The summed E-state index contributed by atoms with van der Waals surface area (Å²) in [6.07, 6.45) is 1.80. The first-order chi connectivity index (χ1) is 6.20. The summed E-state index contributed by atoms with van der Waals surface area (Å²) < 4.78 is 5.45. The van der Waals surface area contributed by atoms with Crippen molar-refractivity contribution in [1.29, 1.82) is 0 Å². The minimum absolute atomic E-state index is 0.302. The Kier molecular flexibility index (Phi) is 2.28. The normalized spacial score (nSPS) is 40.3. The van der Waals surface area contributed by atoms with Crippen molar-refractivity contribution < 1.29 is 9.53 Å². The molecule has 2 rings (SSSR count). The Morgan fingerprint density at radius 3 is 3.08 bits per heavy atom. The topological polar surface area (TPSA) is 29.5 Å². The van der Waals surface area contributed by atoms with Crippen molar-refractivity contribution in [2.45, 2.75) is 25.8 Å². The van der Waals surface area contributed by atoms with E-state index < -0.39 is 0 Å². The minimum atomic E-state index is 0.302. The molecule has 2 saturated heterocycles. The molecule has 0 aromatic carbocycles. The number of fused-ring (bicyclic) bond motifs is 1. The lowest BCUT2D eigenvalue weighted by Crippen LogP contribution is -2.51. The number of carbonyl (C=O) groups is 1. The molecule has 2 heterocycles. The summed E-state index contributed by atoms with van der Waals surface area (Å²) in [4.78, 5) is 13.4. The fraction of sp³-hybridized carbons (Fsp3) is 0.900. The lowest BCUT2D eigenvalue weighted by atomic mass is 9.77. The SMILES string of the molecule is CC1C2COCCC2CC(=O)N1C. The van der Waals surface area contributed by atoms with Crippen molar-refractivity contribution in [2.75, 3.05) is 20.3 Å². The van der Waals surface area contributed by atoms with Crippen LogP contribution in [0.2, 0.25) is 0 Å². The third-order valence-corrected chi connectivity index (χ3v) is 3.61. The molecule has 0 bridgehead atoms. The third-order valence-electron chi connectivity index (χ3n) is 3.61. The van der Waals surface area contributed by atoms with Gasteiger partial charge in [0.2, 0.25) is 5.91 Å². The number of amides is 1. The molecule has 0 aliphatic carbocycles. The highest BCUT2D eigenvalue weighted by Gasteiger charge is 2.39. The van der Waals surface area contributed by atoms with Crippen molar-refractivity contribution in [1.82, 2.24) is 4.90 Å². The molecule has 0 radical (unpaired) electrons. The monoisotopic (exact) mass is 183 g/mol. The number of piperidine rings is 1. The maximum absolute atomic E-state index is 11.5. The number of nitrogens with zero attached hydrogens (tertiary/aromatic N) is 1. The maximum Gasteiger partial charge on any atom is 0.222 e. The third kappa shape index (κ3) is 1.46. The van der Waals surface area contributed by atoms with Crippen molar-refractivity contribution in [3.05, 3.63) is 0 Å². The van der Waals surface area contributed by atoms with Crippen molar-refractivity contribution in [3.63, 3.8) is 0 Å². The fourth-order valence-electron chi connectivity index (χ4n) is 2.47. The van der Waals surface area contributed by atoms with Gasteiger partial charge < -0.3 is 9.64 Å². The molecule has 0 saturated carbocycles. The number of rotatable bonds is 0. The Labute approximate surface area is 79.0 Å². The molecule has 3 unspecified atom stereocenters. The second-order valence-electron chi connectivity index (χ2n) is 4.24. The molecule has 0 spiro atoms. The van der Waals surface area contributed by atoms with E-state index in [1.54, 1.807) is 0 Å². The van der Waals surface area contributed by atoms with E-state index >= 15 is 0 Å². The quantitative estimate of drug-likeness (QED) is 0.558. The molecule has 1 amide bonds. The van der Waals surface area contributed by atoms with E-state index in [0.717, 1.165) is 26.1 Å². The van der Waals surface area contributed by atoms with E-state index in [1.807, 2.05) is 11.9 Å². The molecule has 13 heavy (non-hydrogen) atoms. The van der Waals surface area contributed by atoms with Crippen LogP contribution in [0.3, 0.4) is 0 Å².